The highest BCUT2D eigenvalue weighted by Crippen LogP contribution is 2.31. The summed E-state index contributed by atoms with van der Waals surface area (Å²) in [6, 6.07) is 9.35. The van der Waals surface area contributed by atoms with Crippen LogP contribution in [0.5, 0.6) is 0 Å². The Morgan fingerprint density at radius 3 is 2.53 bits per heavy atom. The van der Waals surface area contributed by atoms with Crippen LogP contribution in [0.1, 0.15) is 5.56 Å². The van der Waals surface area contributed by atoms with Crippen LogP contribution >= 0.6 is 46.6 Å². The van der Waals surface area contributed by atoms with Gasteiger partial charge in [0.05, 0.1) is 5.02 Å². The van der Waals surface area contributed by atoms with E-state index in [4.69, 9.17) is 34.8 Å². The number of rotatable bonds is 3. The molecule has 1 heterocycles. The number of nitrogens with zero attached hydrogens (tertiary/aromatic N) is 1. The summed E-state index contributed by atoms with van der Waals surface area (Å²) in [5.74, 6) is 0.715. The average molecular weight is 305 g/mol. The summed E-state index contributed by atoms with van der Waals surface area (Å²) in [4.78, 5) is 5.04. The number of benzene rings is 1. The third-order valence-electron chi connectivity index (χ3n) is 2.12. The third kappa shape index (κ3) is 3.52. The van der Waals surface area contributed by atoms with E-state index in [1.807, 2.05) is 24.3 Å². The van der Waals surface area contributed by atoms with E-state index < -0.39 is 0 Å². The molecule has 0 saturated carbocycles. The molecule has 2 rings (SSSR count). The molecule has 0 spiro atoms. The molecule has 1 aromatic heterocycles. The van der Waals surface area contributed by atoms with Gasteiger partial charge in [-0.25, -0.2) is 4.98 Å². The number of hydrogen-bond donors (Lipinski definition) is 0. The predicted molar refractivity (Wildman–Crippen MR) is 75.3 cm³/mol. The van der Waals surface area contributed by atoms with Crippen LogP contribution in [0.3, 0.4) is 0 Å². The minimum Gasteiger partial charge on any atom is -0.244 e. The zero-order valence-corrected chi connectivity index (χ0v) is 11.7. The quantitative estimate of drug-likeness (QED) is 0.561. The van der Waals surface area contributed by atoms with E-state index in [1.165, 1.54) is 0 Å². The lowest BCUT2D eigenvalue weighted by atomic mass is 10.3. The van der Waals surface area contributed by atoms with Crippen molar-refractivity contribution in [1.82, 2.24) is 4.98 Å². The van der Waals surface area contributed by atoms with Gasteiger partial charge in [0, 0.05) is 21.9 Å². The van der Waals surface area contributed by atoms with Crippen LogP contribution < -0.4 is 0 Å². The van der Waals surface area contributed by atoms with Crippen LogP contribution in [0.2, 0.25) is 15.2 Å². The summed E-state index contributed by atoms with van der Waals surface area (Å²) in [5, 5.41) is 1.78. The van der Waals surface area contributed by atoms with E-state index in [0.717, 1.165) is 15.5 Å². The molecule has 0 unspecified atom stereocenters. The smallest absolute Gasteiger partial charge is 0.130 e. The molecule has 0 fully saturated rings. The highest BCUT2D eigenvalue weighted by molar-refractivity contribution is 7.98. The maximum absolute atomic E-state index is 6.06. The summed E-state index contributed by atoms with van der Waals surface area (Å²) >= 11 is 19.5. The van der Waals surface area contributed by atoms with Crippen molar-refractivity contribution in [2.75, 3.05) is 0 Å². The van der Waals surface area contributed by atoms with Crippen LogP contribution in [-0.2, 0) is 5.75 Å². The Morgan fingerprint density at radius 1 is 1.06 bits per heavy atom. The molecule has 1 nitrogen and oxygen atoms in total. The first-order chi connectivity index (χ1) is 8.16. The number of pyridine rings is 1. The molecular formula is C12H8Cl3NS. The first-order valence-corrected chi connectivity index (χ1v) is 6.96. The maximum atomic E-state index is 6.06. The summed E-state index contributed by atoms with van der Waals surface area (Å²) in [7, 11) is 0. The highest BCUT2D eigenvalue weighted by atomic mass is 35.5. The molecule has 0 N–H and O–H groups in total. The fraction of sp³-hybridized carbons (Fsp3) is 0.0833. The van der Waals surface area contributed by atoms with Gasteiger partial charge in [-0.15, -0.1) is 11.8 Å². The number of aromatic nitrogens is 1. The number of halogens is 3. The van der Waals surface area contributed by atoms with Gasteiger partial charge in [-0.05, 0) is 23.8 Å². The Labute approximate surface area is 119 Å². The minimum absolute atomic E-state index is 0.404. The van der Waals surface area contributed by atoms with Crippen molar-refractivity contribution in [2.45, 2.75) is 10.6 Å². The minimum atomic E-state index is 0.404. The Hall–Kier alpha value is -0.410. The molecule has 0 amide bonds. The van der Waals surface area contributed by atoms with Gasteiger partial charge < -0.3 is 0 Å². The standard InChI is InChI=1S/C12H8Cl3NS/c13-9-3-1-2-4-11(9)17-7-8-6-16-12(15)5-10(8)14/h1-6H,7H2. The van der Waals surface area contributed by atoms with E-state index in [0.29, 0.717) is 15.9 Å². The molecule has 5 heteroatoms. The fourth-order valence-corrected chi connectivity index (χ4v) is 2.99. The fourth-order valence-electron chi connectivity index (χ4n) is 1.26. The third-order valence-corrected chi connectivity index (χ3v) is 4.24. The molecular weight excluding hydrogens is 297 g/mol. The average Bonchev–Trinajstić information content (AvgIpc) is 2.30. The molecule has 1 aromatic carbocycles. The first kappa shape index (κ1) is 13.0. The lowest BCUT2D eigenvalue weighted by Crippen LogP contribution is -1.86. The Morgan fingerprint density at radius 2 is 1.82 bits per heavy atom. The van der Waals surface area contributed by atoms with Crippen molar-refractivity contribution in [2.24, 2.45) is 0 Å². The second kappa shape index (κ2) is 5.96. The number of thioether (sulfide) groups is 1. The Balaban J connectivity index is 2.10. The van der Waals surface area contributed by atoms with Gasteiger partial charge >= 0.3 is 0 Å². The molecule has 0 aliphatic rings. The second-order valence-electron chi connectivity index (χ2n) is 3.32. The van der Waals surface area contributed by atoms with E-state index in [-0.39, 0.29) is 0 Å². The van der Waals surface area contributed by atoms with Gasteiger partial charge in [-0.3, -0.25) is 0 Å². The van der Waals surface area contributed by atoms with Crippen molar-refractivity contribution < 1.29 is 0 Å². The van der Waals surface area contributed by atoms with Gasteiger partial charge in [0.2, 0.25) is 0 Å². The molecule has 88 valence electrons. The van der Waals surface area contributed by atoms with Crippen molar-refractivity contribution >= 4 is 46.6 Å². The van der Waals surface area contributed by atoms with Gasteiger partial charge in [0.15, 0.2) is 0 Å². The monoisotopic (exact) mass is 303 g/mol. The summed E-state index contributed by atoms with van der Waals surface area (Å²) < 4.78 is 0. The predicted octanol–water partition coefficient (Wildman–Crippen LogP) is 5.33. The molecule has 0 atom stereocenters. The molecule has 0 bridgehead atoms. The molecule has 0 aliphatic carbocycles. The largest absolute Gasteiger partial charge is 0.244 e. The van der Waals surface area contributed by atoms with Gasteiger partial charge in [-0.1, -0.05) is 46.9 Å². The highest BCUT2D eigenvalue weighted by Gasteiger charge is 2.05. The van der Waals surface area contributed by atoms with E-state index in [2.05, 4.69) is 4.98 Å². The van der Waals surface area contributed by atoms with Crippen molar-refractivity contribution in [3.05, 3.63) is 57.3 Å². The van der Waals surface area contributed by atoms with Crippen molar-refractivity contribution in [1.29, 1.82) is 0 Å². The van der Waals surface area contributed by atoms with Crippen LogP contribution in [-0.4, -0.2) is 4.98 Å². The molecule has 0 radical (unpaired) electrons. The lowest BCUT2D eigenvalue weighted by Gasteiger charge is -2.05. The SMILES string of the molecule is Clc1cc(Cl)c(CSc2ccccc2Cl)cn1. The van der Waals surface area contributed by atoms with Crippen LogP contribution in [0.15, 0.2) is 41.4 Å². The Bertz CT molecular complexity index is 531. The Kier molecular flexibility index (Phi) is 4.57. The maximum Gasteiger partial charge on any atom is 0.130 e. The van der Waals surface area contributed by atoms with Crippen molar-refractivity contribution in [3.8, 4) is 0 Å². The summed E-state index contributed by atoms with van der Waals surface area (Å²) in [5.41, 5.74) is 0.945. The second-order valence-corrected chi connectivity index (χ2v) is 5.54. The molecule has 0 saturated heterocycles. The van der Waals surface area contributed by atoms with Crippen LogP contribution in [0.25, 0.3) is 0 Å². The van der Waals surface area contributed by atoms with E-state index in [1.54, 1.807) is 24.0 Å². The topological polar surface area (TPSA) is 12.9 Å². The van der Waals surface area contributed by atoms with Gasteiger partial charge in [0.1, 0.15) is 5.15 Å². The van der Waals surface area contributed by atoms with Gasteiger partial charge in [0.25, 0.3) is 0 Å². The number of hydrogen-bond acceptors (Lipinski definition) is 2. The zero-order chi connectivity index (χ0) is 12.3. The van der Waals surface area contributed by atoms with Gasteiger partial charge in [-0.2, -0.15) is 0 Å². The van der Waals surface area contributed by atoms with Crippen LogP contribution in [0, 0.1) is 0 Å². The van der Waals surface area contributed by atoms with E-state index in [9.17, 15) is 0 Å². The summed E-state index contributed by atoms with van der Waals surface area (Å²) in [6.45, 7) is 0. The normalized spacial score (nSPS) is 10.5. The molecule has 2 aromatic rings. The van der Waals surface area contributed by atoms with E-state index >= 15 is 0 Å². The van der Waals surface area contributed by atoms with Crippen molar-refractivity contribution in [3.63, 3.8) is 0 Å². The first-order valence-electron chi connectivity index (χ1n) is 4.84. The molecule has 0 aliphatic heterocycles. The molecule has 17 heavy (non-hydrogen) atoms. The lowest BCUT2D eigenvalue weighted by molar-refractivity contribution is 1.25. The summed E-state index contributed by atoms with van der Waals surface area (Å²) in [6.07, 6.45) is 1.69. The zero-order valence-electron chi connectivity index (χ0n) is 8.66. The van der Waals surface area contributed by atoms with Crippen LogP contribution in [0.4, 0.5) is 0 Å².